The Labute approximate surface area is 256 Å². The normalized spacial score (nSPS) is 13.6. The van der Waals surface area contributed by atoms with Crippen molar-refractivity contribution in [2.45, 2.75) is 26.7 Å². The van der Waals surface area contributed by atoms with Crippen LogP contribution in [0, 0.1) is 24.8 Å². The first-order chi connectivity index (χ1) is 21.4. The van der Waals surface area contributed by atoms with Crippen molar-refractivity contribution in [3.05, 3.63) is 65.1 Å². The number of nitrogens with zero attached hydrogens (tertiary/aromatic N) is 5. The molecule has 1 atom stereocenters. The molecule has 1 unspecified atom stereocenters. The molecule has 2 N–H and O–H groups in total. The summed E-state index contributed by atoms with van der Waals surface area (Å²) in [7, 11) is 0. The standard InChI is InChI=1S/C30H31N7O6S/c1-4-41-28(38)6-5-13-42-26-10-7-20(2)16-27(26)43-44(39)35-23-17-21(8-9-25(23)36-11-14-40-15-12-36)29-33-30-22(18-31)24(32-3)19-37(30)34-29/h7-10,16-17,19,35H,4-6,11-15H2,1-2H3,(H,33,34). The van der Waals surface area contributed by atoms with E-state index in [0.29, 0.717) is 67.8 Å². The van der Waals surface area contributed by atoms with Gasteiger partial charge in [-0.15, -0.1) is 0 Å². The summed E-state index contributed by atoms with van der Waals surface area (Å²) in [6.07, 6.45) is 2.22. The molecule has 13 nitrogen and oxygen atoms in total. The van der Waals surface area contributed by atoms with Gasteiger partial charge in [0.05, 0.1) is 50.4 Å². The molecule has 0 radical (unpaired) electrons. The van der Waals surface area contributed by atoms with Crippen LogP contribution in [-0.2, 0) is 25.5 Å². The minimum Gasteiger partial charge on any atom is -0.490 e. The van der Waals surface area contributed by atoms with E-state index in [2.05, 4.69) is 24.5 Å². The van der Waals surface area contributed by atoms with Gasteiger partial charge in [-0.2, -0.15) is 9.47 Å². The van der Waals surface area contributed by atoms with Crippen LogP contribution in [0.3, 0.4) is 0 Å². The van der Waals surface area contributed by atoms with Crippen LogP contribution in [-0.4, -0.2) is 64.3 Å². The molecule has 1 fully saturated rings. The Bertz CT molecular complexity index is 1760. The molecular weight excluding hydrogens is 586 g/mol. The maximum atomic E-state index is 13.4. The minimum atomic E-state index is -2.03. The fourth-order valence-corrected chi connectivity index (χ4v) is 5.39. The predicted molar refractivity (Wildman–Crippen MR) is 164 cm³/mol. The number of H-pyrrole nitrogens is 1. The van der Waals surface area contributed by atoms with E-state index in [4.69, 9.17) is 25.0 Å². The molecule has 0 saturated carbocycles. The molecule has 0 amide bonds. The molecule has 1 aliphatic heterocycles. The van der Waals surface area contributed by atoms with Crippen molar-refractivity contribution in [2.24, 2.45) is 0 Å². The number of anilines is 2. The summed E-state index contributed by atoms with van der Waals surface area (Å²) >= 11 is -2.03. The summed E-state index contributed by atoms with van der Waals surface area (Å²) in [5.41, 5.74) is 3.65. The first kappa shape index (κ1) is 30.4. The molecule has 228 valence electrons. The third kappa shape index (κ3) is 6.94. The van der Waals surface area contributed by atoms with Gasteiger partial charge >= 0.3 is 17.2 Å². The number of hydrogen-bond acceptors (Lipinski definition) is 9. The number of nitrogens with one attached hydrogen (secondary N) is 2. The molecule has 0 spiro atoms. The predicted octanol–water partition coefficient (Wildman–Crippen LogP) is 4.69. The Kier molecular flexibility index (Phi) is 9.64. The first-order valence-corrected chi connectivity index (χ1v) is 15.1. The molecule has 2 aromatic heterocycles. The molecule has 4 aromatic rings. The van der Waals surface area contributed by atoms with Gasteiger partial charge in [0.1, 0.15) is 5.56 Å². The second-order valence-corrected chi connectivity index (χ2v) is 10.7. The lowest BCUT2D eigenvalue weighted by Gasteiger charge is -2.30. The summed E-state index contributed by atoms with van der Waals surface area (Å²) in [5.74, 6) is 0.867. The van der Waals surface area contributed by atoms with Gasteiger partial charge in [-0.05, 0) is 56.2 Å². The lowest BCUT2D eigenvalue weighted by molar-refractivity contribution is -0.143. The highest BCUT2D eigenvalue weighted by Crippen LogP contribution is 2.34. The number of ether oxygens (including phenoxy) is 3. The fourth-order valence-electron chi connectivity index (χ4n) is 4.71. The van der Waals surface area contributed by atoms with Crippen LogP contribution in [0.4, 0.5) is 17.1 Å². The summed E-state index contributed by atoms with van der Waals surface area (Å²) in [6, 6.07) is 12.9. The smallest absolute Gasteiger partial charge is 0.316 e. The van der Waals surface area contributed by atoms with Crippen LogP contribution in [0.5, 0.6) is 11.5 Å². The SMILES string of the molecule is [C-]#[N+]c1cn2[nH]c(-c3ccc(N4CCOCC4)c(NS(=O)Oc4cc(C)ccc4OCCCC(=O)OCC)c3)nc2c1C#N. The van der Waals surface area contributed by atoms with Crippen molar-refractivity contribution in [3.63, 3.8) is 0 Å². The van der Waals surface area contributed by atoms with Crippen molar-refractivity contribution in [1.82, 2.24) is 14.6 Å². The van der Waals surface area contributed by atoms with Crippen molar-refractivity contribution < 1.29 is 27.4 Å². The number of hydrogen-bond donors (Lipinski definition) is 2. The first-order valence-electron chi connectivity index (χ1n) is 14.0. The molecule has 0 bridgehead atoms. The maximum Gasteiger partial charge on any atom is 0.316 e. The highest BCUT2D eigenvalue weighted by molar-refractivity contribution is 7.82. The number of esters is 1. The molecule has 3 heterocycles. The van der Waals surface area contributed by atoms with Gasteiger partial charge in [-0.1, -0.05) is 6.07 Å². The average Bonchev–Trinajstić information content (AvgIpc) is 3.58. The third-order valence-corrected chi connectivity index (χ3v) is 7.52. The largest absolute Gasteiger partial charge is 0.490 e. The van der Waals surface area contributed by atoms with E-state index in [9.17, 15) is 14.3 Å². The number of fused-ring (bicyclic) bond motifs is 1. The van der Waals surface area contributed by atoms with Crippen molar-refractivity contribution in [2.75, 3.05) is 49.1 Å². The number of benzene rings is 2. The molecule has 2 aromatic carbocycles. The van der Waals surface area contributed by atoms with Gasteiger partial charge in [0.2, 0.25) is 5.69 Å². The highest BCUT2D eigenvalue weighted by atomic mass is 32.2. The van der Waals surface area contributed by atoms with Crippen LogP contribution >= 0.6 is 0 Å². The van der Waals surface area contributed by atoms with Crippen LogP contribution in [0.2, 0.25) is 0 Å². The lowest BCUT2D eigenvalue weighted by atomic mass is 10.1. The summed E-state index contributed by atoms with van der Waals surface area (Å²) in [5, 5.41) is 12.6. The summed E-state index contributed by atoms with van der Waals surface area (Å²) < 4.78 is 40.1. The Morgan fingerprint density at radius 1 is 1.25 bits per heavy atom. The molecule has 44 heavy (non-hydrogen) atoms. The van der Waals surface area contributed by atoms with E-state index < -0.39 is 11.3 Å². The zero-order valence-corrected chi connectivity index (χ0v) is 25.1. The van der Waals surface area contributed by atoms with E-state index in [1.807, 2.05) is 31.2 Å². The number of morpholine rings is 1. The van der Waals surface area contributed by atoms with Gasteiger partial charge < -0.3 is 23.3 Å². The Balaban J connectivity index is 1.37. The number of aryl methyl sites for hydroxylation is 1. The van der Waals surface area contributed by atoms with Gasteiger partial charge in [-0.3, -0.25) is 19.1 Å². The Morgan fingerprint density at radius 3 is 2.82 bits per heavy atom. The molecule has 1 saturated heterocycles. The third-order valence-electron chi connectivity index (χ3n) is 6.80. The summed E-state index contributed by atoms with van der Waals surface area (Å²) in [4.78, 5) is 21.7. The quantitative estimate of drug-likeness (QED) is 0.131. The average molecular weight is 618 g/mol. The Morgan fingerprint density at radius 2 is 2.07 bits per heavy atom. The number of nitriles is 1. The van der Waals surface area contributed by atoms with Crippen LogP contribution in [0.15, 0.2) is 42.6 Å². The maximum absolute atomic E-state index is 13.4. The molecular formula is C30H31N7O6S. The second-order valence-electron chi connectivity index (χ2n) is 9.84. The van der Waals surface area contributed by atoms with E-state index in [1.165, 1.54) is 10.7 Å². The van der Waals surface area contributed by atoms with Gasteiger partial charge in [0, 0.05) is 31.3 Å². The molecule has 5 rings (SSSR count). The number of rotatable bonds is 12. The topological polar surface area (TPSA) is 148 Å². The van der Waals surface area contributed by atoms with Crippen molar-refractivity contribution >= 4 is 39.9 Å². The van der Waals surface area contributed by atoms with Crippen LogP contribution in [0.1, 0.15) is 30.9 Å². The van der Waals surface area contributed by atoms with Crippen molar-refractivity contribution in [1.29, 1.82) is 5.26 Å². The minimum absolute atomic E-state index is 0.192. The molecule has 14 heteroatoms. The van der Waals surface area contributed by atoms with Gasteiger partial charge in [-0.25, -0.2) is 9.83 Å². The van der Waals surface area contributed by atoms with Gasteiger partial charge in [0.25, 0.3) is 0 Å². The zero-order valence-electron chi connectivity index (χ0n) is 24.3. The van der Waals surface area contributed by atoms with E-state index in [0.717, 1.165) is 11.3 Å². The number of carbonyl (C=O) groups is 1. The molecule has 1 aliphatic rings. The highest BCUT2D eigenvalue weighted by Gasteiger charge is 2.21. The van der Waals surface area contributed by atoms with Crippen LogP contribution in [0.25, 0.3) is 21.9 Å². The fraction of sp³-hybridized carbons (Fsp3) is 0.333. The number of carbonyl (C=O) groups excluding carboxylic acids is 1. The van der Waals surface area contributed by atoms with E-state index in [1.54, 1.807) is 25.1 Å². The lowest BCUT2D eigenvalue weighted by Crippen LogP contribution is -2.36. The summed E-state index contributed by atoms with van der Waals surface area (Å²) in [6.45, 7) is 14.0. The zero-order chi connectivity index (χ0) is 31.1. The second kappa shape index (κ2) is 13.9. The Hall–Kier alpha value is -5.05. The number of aromatic amines is 1. The van der Waals surface area contributed by atoms with Gasteiger partial charge in [0.15, 0.2) is 23.0 Å². The van der Waals surface area contributed by atoms with Crippen LogP contribution < -0.4 is 18.5 Å². The van der Waals surface area contributed by atoms with Crippen molar-refractivity contribution in [3.8, 4) is 29.0 Å². The van der Waals surface area contributed by atoms with E-state index in [-0.39, 0.29) is 36.0 Å². The number of aromatic nitrogens is 3. The molecule has 0 aliphatic carbocycles. The monoisotopic (exact) mass is 617 g/mol. The van der Waals surface area contributed by atoms with E-state index >= 15 is 0 Å².